The predicted molar refractivity (Wildman–Crippen MR) is 120 cm³/mol. The topological polar surface area (TPSA) is 56.7 Å². The van der Waals surface area contributed by atoms with Crippen molar-refractivity contribution in [2.24, 2.45) is 4.99 Å². The van der Waals surface area contributed by atoms with Gasteiger partial charge in [0.2, 0.25) is 0 Å². The minimum Gasteiger partial charge on any atom is -0.356 e. The monoisotopic (exact) mass is 388 g/mol. The van der Waals surface area contributed by atoms with Crippen molar-refractivity contribution >= 4 is 22.6 Å². The molecule has 0 unspecified atom stereocenters. The normalized spacial score (nSPS) is 11.3. The van der Waals surface area contributed by atoms with E-state index in [0.29, 0.717) is 12.1 Å². The Bertz CT molecular complexity index is 1010. The molecule has 0 fully saturated rings. The molecule has 3 aromatic rings. The van der Waals surface area contributed by atoms with E-state index >= 15 is 0 Å². The van der Waals surface area contributed by atoms with Crippen molar-refractivity contribution in [2.75, 3.05) is 27.7 Å². The number of aliphatic imine (C=N–C) groups is 1. The van der Waals surface area contributed by atoms with Crippen LogP contribution in [-0.2, 0) is 13.0 Å². The third-order valence-corrected chi connectivity index (χ3v) is 4.84. The number of guanidine groups is 1. The molecule has 0 aliphatic heterocycles. The van der Waals surface area contributed by atoms with Crippen LogP contribution in [0.4, 0.5) is 0 Å². The fourth-order valence-corrected chi connectivity index (χ4v) is 3.29. The number of benzene rings is 3. The summed E-state index contributed by atoms with van der Waals surface area (Å²) in [4.78, 5) is 18.0. The molecule has 0 spiro atoms. The fourth-order valence-electron chi connectivity index (χ4n) is 3.29. The number of rotatable bonds is 6. The molecular weight excluding hydrogens is 360 g/mol. The van der Waals surface area contributed by atoms with Crippen LogP contribution in [0.3, 0.4) is 0 Å². The summed E-state index contributed by atoms with van der Waals surface area (Å²) in [5, 5.41) is 9.23. The molecule has 0 heterocycles. The lowest BCUT2D eigenvalue weighted by molar-refractivity contribution is 0.0827. The van der Waals surface area contributed by atoms with Crippen molar-refractivity contribution in [1.29, 1.82) is 0 Å². The number of nitrogens with zero attached hydrogens (tertiary/aromatic N) is 2. The van der Waals surface area contributed by atoms with Gasteiger partial charge in [-0.3, -0.25) is 9.79 Å². The smallest absolute Gasteiger partial charge is 0.253 e. The van der Waals surface area contributed by atoms with Gasteiger partial charge in [0.25, 0.3) is 5.91 Å². The van der Waals surface area contributed by atoms with E-state index in [9.17, 15) is 4.79 Å². The highest BCUT2D eigenvalue weighted by Gasteiger charge is 2.08. The molecule has 0 aliphatic rings. The highest BCUT2D eigenvalue weighted by atomic mass is 16.2. The Hall–Kier alpha value is -3.34. The number of amides is 1. The molecule has 0 saturated heterocycles. The van der Waals surface area contributed by atoms with E-state index in [0.717, 1.165) is 24.5 Å². The Morgan fingerprint density at radius 3 is 2.52 bits per heavy atom. The quantitative estimate of drug-likeness (QED) is 0.502. The first-order valence-corrected chi connectivity index (χ1v) is 9.80. The molecule has 0 aromatic heterocycles. The SMILES string of the molecule is CN=C(NCCc1cccc(C(=O)N(C)C)c1)NCc1cccc2ccccc12. The molecule has 0 bridgehead atoms. The lowest BCUT2D eigenvalue weighted by Crippen LogP contribution is -2.37. The highest BCUT2D eigenvalue weighted by molar-refractivity contribution is 5.94. The second-order valence-electron chi connectivity index (χ2n) is 7.14. The van der Waals surface area contributed by atoms with Crippen molar-refractivity contribution in [3.63, 3.8) is 0 Å². The van der Waals surface area contributed by atoms with Crippen molar-refractivity contribution in [3.8, 4) is 0 Å². The molecule has 150 valence electrons. The summed E-state index contributed by atoms with van der Waals surface area (Å²) in [5.74, 6) is 0.783. The first-order valence-electron chi connectivity index (χ1n) is 9.80. The molecular formula is C24H28N4O. The van der Waals surface area contributed by atoms with Gasteiger partial charge in [0.1, 0.15) is 0 Å². The van der Waals surface area contributed by atoms with E-state index in [-0.39, 0.29) is 5.91 Å². The summed E-state index contributed by atoms with van der Waals surface area (Å²) in [6.45, 7) is 1.43. The average molecular weight is 389 g/mol. The van der Waals surface area contributed by atoms with Gasteiger partial charge in [-0.2, -0.15) is 0 Å². The molecule has 5 nitrogen and oxygen atoms in total. The summed E-state index contributed by atoms with van der Waals surface area (Å²) < 4.78 is 0. The zero-order valence-corrected chi connectivity index (χ0v) is 17.3. The molecule has 2 N–H and O–H groups in total. The van der Waals surface area contributed by atoms with Crippen molar-refractivity contribution in [1.82, 2.24) is 15.5 Å². The molecule has 1 amide bonds. The zero-order chi connectivity index (χ0) is 20.6. The molecule has 0 radical (unpaired) electrons. The van der Waals surface area contributed by atoms with Crippen molar-refractivity contribution in [2.45, 2.75) is 13.0 Å². The van der Waals surface area contributed by atoms with Crippen LogP contribution in [0.25, 0.3) is 10.8 Å². The van der Waals surface area contributed by atoms with E-state index in [2.05, 4.69) is 58.1 Å². The number of hydrogen-bond acceptors (Lipinski definition) is 2. The van der Waals surface area contributed by atoms with Gasteiger partial charge in [0.05, 0.1) is 0 Å². The van der Waals surface area contributed by atoms with Crippen molar-refractivity contribution < 1.29 is 4.79 Å². The number of nitrogens with one attached hydrogen (secondary N) is 2. The Morgan fingerprint density at radius 2 is 1.72 bits per heavy atom. The molecule has 3 rings (SSSR count). The van der Waals surface area contributed by atoms with Crippen LogP contribution < -0.4 is 10.6 Å². The number of carbonyl (C=O) groups excluding carboxylic acids is 1. The van der Waals surface area contributed by atoms with Crippen LogP contribution >= 0.6 is 0 Å². The van der Waals surface area contributed by atoms with Crippen LogP contribution in [0, 0.1) is 0 Å². The van der Waals surface area contributed by atoms with Crippen LogP contribution in [0.1, 0.15) is 21.5 Å². The maximum atomic E-state index is 12.1. The molecule has 0 saturated carbocycles. The van der Waals surface area contributed by atoms with Crippen molar-refractivity contribution in [3.05, 3.63) is 83.4 Å². The lowest BCUT2D eigenvalue weighted by Gasteiger charge is -2.14. The molecule has 5 heteroatoms. The summed E-state index contributed by atoms with van der Waals surface area (Å²) in [6.07, 6.45) is 0.809. The van der Waals surface area contributed by atoms with E-state index < -0.39 is 0 Å². The summed E-state index contributed by atoms with van der Waals surface area (Å²) in [5.41, 5.74) is 3.07. The number of carbonyl (C=O) groups is 1. The average Bonchev–Trinajstić information content (AvgIpc) is 2.75. The Balaban J connectivity index is 1.55. The van der Waals surface area contributed by atoms with E-state index in [4.69, 9.17) is 0 Å². The molecule has 0 aliphatic carbocycles. The first-order chi connectivity index (χ1) is 14.1. The Kier molecular flexibility index (Phi) is 6.85. The standard InChI is InChI=1S/C24H28N4O/c1-25-24(27-17-21-12-7-10-19-9-4-5-13-22(19)21)26-15-14-18-8-6-11-20(16-18)23(29)28(2)3/h4-13,16H,14-15,17H2,1-3H3,(H2,25,26,27). The maximum absolute atomic E-state index is 12.1. The van der Waals surface area contributed by atoms with Gasteiger partial charge in [0.15, 0.2) is 5.96 Å². The fraction of sp³-hybridized carbons (Fsp3) is 0.250. The van der Waals surface area contributed by atoms with Gasteiger partial charge in [-0.25, -0.2) is 0 Å². The third-order valence-electron chi connectivity index (χ3n) is 4.84. The van der Waals surface area contributed by atoms with Crippen LogP contribution in [0.2, 0.25) is 0 Å². The molecule has 3 aromatic carbocycles. The van der Waals surface area contributed by atoms with Gasteiger partial charge in [0, 0.05) is 39.8 Å². The zero-order valence-electron chi connectivity index (χ0n) is 17.3. The van der Waals surface area contributed by atoms with Gasteiger partial charge in [-0.1, -0.05) is 54.6 Å². The Morgan fingerprint density at radius 1 is 0.966 bits per heavy atom. The minimum absolute atomic E-state index is 0.0207. The first kappa shape index (κ1) is 20.4. The molecule has 0 atom stereocenters. The molecule has 29 heavy (non-hydrogen) atoms. The summed E-state index contributed by atoms with van der Waals surface area (Å²) in [6, 6.07) is 22.5. The highest BCUT2D eigenvalue weighted by Crippen LogP contribution is 2.18. The minimum atomic E-state index is 0.0207. The lowest BCUT2D eigenvalue weighted by atomic mass is 10.0. The van der Waals surface area contributed by atoms with Crippen LogP contribution in [-0.4, -0.2) is 44.5 Å². The maximum Gasteiger partial charge on any atom is 0.253 e. The van der Waals surface area contributed by atoms with Gasteiger partial charge >= 0.3 is 0 Å². The second kappa shape index (κ2) is 9.73. The van der Waals surface area contributed by atoms with E-state index in [1.165, 1.54) is 16.3 Å². The summed E-state index contributed by atoms with van der Waals surface area (Å²) in [7, 11) is 5.30. The van der Waals surface area contributed by atoms with E-state index in [1.54, 1.807) is 26.0 Å². The predicted octanol–water partition coefficient (Wildman–Crippen LogP) is 3.45. The van der Waals surface area contributed by atoms with Crippen LogP contribution in [0.15, 0.2) is 71.7 Å². The largest absolute Gasteiger partial charge is 0.356 e. The van der Waals surface area contributed by atoms with E-state index in [1.807, 2.05) is 24.3 Å². The van der Waals surface area contributed by atoms with Gasteiger partial charge < -0.3 is 15.5 Å². The number of fused-ring (bicyclic) bond motifs is 1. The second-order valence-corrected chi connectivity index (χ2v) is 7.14. The summed E-state index contributed by atoms with van der Waals surface area (Å²) >= 11 is 0. The van der Waals surface area contributed by atoms with Gasteiger partial charge in [-0.05, 0) is 40.5 Å². The Labute approximate surface area is 172 Å². The third kappa shape index (κ3) is 5.35. The van der Waals surface area contributed by atoms with Crippen LogP contribution in [0.5, 0.6) is 0 Å². The number of hydrogen-bond donors (Lipinski definition) is 2. The van der Waals surface area contributed by atoms with Gasteiger partial charge in [-0.15, -0.1) is 0 Å².